The third kappa shape index (κ3) is 3.67. The lowest BCUT2D eigenvalue weighted by molar-refractivity contribution is -0.132. The molecule has 0 fully saturated rings. The van der Waals surface area contributed by atoms with Crippen molar-refractivity contribution in [1.82, 2.24) is 0 Å². The minimum Gasteiger partial charge on any atom is -0.318 e. The van der Waals surface area contributed by atoms with Gasteiger partial charge in [0.25, 0.3) is 0 Å². The van der Waals surface area contributed by atoms with Crippen LogP contribution in [0.25, 0.3) is 10.8 Å². The molecule has 0 unspecified atom stereocenters. The topological polar surface area (TPSA) is 58.2 Å². The summed E-state index contributed by atoms with van der Waals surface area (Å²) in [6.45, 7) is 0. The van der Waals surface area contributed by atoms with Gasteiger partial charge in [-0.3, -0.25) is 9.59 Å². The highest BCUT2D eigenvalue weighted by Gasteiger charge is 2.14. The molecule has 120 valence electrons. The Morgan fingerprint density at radius 2 is 1.25 bits per heavy atom. The number of carbonyl (C=O) groups excluding carboxylic acids is 2. The SMILES string of the molecule is O=C(Nc1ccc(Cl)c(Cl)c1)C(=O)Nc1ccc2ccccc2c1. The van der Waals surface area contributed by atoms with Crippen LogP contribution in [0.2, 0.25) is 10.0 Å². The van der Waals surface area contributed by atoms with Gasteiger partial charge < -0.3 is 10.6 Å². The van der Waals surface area contributed by atoms with Gasteiger partial charge >= 0.3 is 11.8 Å². The summed E-state index contributed by atoms with van der Waals surface area (Å²) in [5, 5.41) is 7.73. The fraction of sp³-hybridized carbons (Fsp3) is 0. The van der Waals surface area contributed by atoms with Gasteiger partial charge in [-0.1, -0.05) is 53.5 Å². The van der Waals surface area contributed by atoms with Crippen LogP contribution in [0.5, 0.6) is 0 Å². The Hall–Kier alpha value is -2.56. The maximum absolute atomic E-state index is 12.0. The number of halogens is 2. The van der Waals surface area contributed by atoms with Gasteiger partial charge in [0, 0.05) is 11.4 Å². The van der Waals surface area contributed by atoms with Gasteiger partial charge in [0.1, 0.15) is 0 Å². The van der Waals surface area contributed by atoms with Crippen LogP contribution in [0.15, 0.2) is 60.7 Å². The summed E-state index contributed by atoms with van der Waals surface area (Å²) < 4.78 is 0. The van der Waals surface area contributed by atoms with Crippen LogP contribution in [-0.2, 0) is 9.59 Å². The van der Waals surface area contributed by atoms with Crippen LogP contribution in [0.1, 0.15) is 0 Å². The third-order valence-corrected chi connectivity index (χ3v) is 4.13. The predicted molar refractivity (Wildman–Crippen MR) is 97.7 cm³/mol. The monoisotopic (exact) mass is 358 g/mol. The molecule has 0 saturated heterocycles. The average molecular weight is 359 g/mol. The molecule has 0 radical (unpaired) electrons. The van der Waals surface area contributed by atoms with Gasteiger partial charge in [-0.25, -0.2) is 0 Å². The number of benzene rings is 3. The number of carbonyl (C=O) groups is 2. The molecule has 0 heterocycles. The maximum Gasteiger partial charge on any atom is 0.314 e. The number of hydrogen-bond donors (Lipinski definition) is 2. The van der Waals surface area contributed by atoms with Gasteiger partial charge in [0.15, 0.2) is 0 Å². The summed E-state index contributed by atoms with van der Waals surface area (Å²) in [6, 6.07) is 17.8. The van der Waals surface area contributed by atoms with Crippen LogP contribution in [0.3, 0.4) is 0 Å². The molecule has 0 atom stereocenters. The Bertz CT molecular complexity index is 941. The van der Waals surface area contributed by atoms with Gasteiger partial charge in [-0.15, -0.1) is 0 Å². The highest BCUT2D eigenvalue weighted by Crippen LogP contribution is 2.25. The quantitative estimate of drug-likeness (QED) is 0.651. The fourth-order valence-corrected chi connectivity index (χ4v) is 2.51. The highest BCUT2D eigenvalue weighted by molar-refractivity contribution is 6.44. The molecule has 6 heteroatoms. The van der Waals surface area contributed by atoms with Crippen LogP contribution < -0.4 is 10.6 Å². The van der Waals surface area contributed by atoms with E-state index in [4.69, 9.17) is 23.2 Å². The molecule has 2 amide bonds. The van der Waals surface area contributed by atoms with Gasteiger partial charge in [0.05, 0.1) is 10.0 Å². The van der Waals surface area contributed by atoms with Crippen molar-refractivity contribution in [2.24, 2.45) is 0 Å². The largest absolute Gasteiger partial charge is 0.318 e. The van der Waals surface area contributed by atoms with Crippen molar-refractivity contribution in [3.63, 3.8) is 0 Å². The molecular formula is C18H12Cl2N2O2. The minimum atomic E-state index is -0.790. The van der Waals surface area contributed by atoms with Crippen molar-refractivity contribution in [1.29, 1.82) is 0 Å². The first-order valence-corrected chi connectivity index (χ1v) is 7.85. The van der Waals surface area contributed by atoms with Gasteiger partial charge in [0.2, 0.25) is 0 Å². The van der Waals surface area contributed by atoms with Crippen LogP contribution in [-0.4, -0.2) is 11.8 Å². The number of hydrogen-bond acceptors (Lipinski definition) is 2. The number of fused-ring (bicyclic) bond motifs is 1. The molecule has 0 saturated carbocycles. The summed E-state index contributed by atoms with van der Waals surface area (Å²) in [7, 11) is 0. The molecule has 3 rings (SSSR count). The normalized spacial score (nSPS) is 10.4. The lowest BCUT2D eigenvalue weighted by atomic mass is 10.1. The van der Waals surface area contributed by atoms with Crippen molar-refractivity contribution in [3.05, 3.63) is 70.7 Å². The second-order valence-electron chi connectivity index (χ2n) is 5.10. The smallest absolute Gasteiger partial charge is 0.314 e. The molecule has 0 bridgehead atoms. The van der Waals surface area contributed by atoms with Crippen molar-refractivity contribution >= 4 is 57.2 Å². The van der Waals surface area contributed by atoms with E-state index in [0.717, 1.165) is 10.8 Å². The first-order valence-electron chi connectivity index (χ1n) is 7.09. The Kier molecular flexibility index (Phi) is 4.69. The summed E-state index contributed by atoms with van der Waals surface area (Å²) in [6.07, 6.45) is 0. The zero-order valence-corrected chi connectivity index (χ0v) is 13.9. The second kappa shape index (κ2) is 6.91. The molecule has 4 nitrogen and oxygen atoms in total. The first kappa shape index (κ1) is 16.3. The van der Waals surface area contributed by atoms with E-state index in [1.165, 1.54) is 6.07 Å². The molecular weight excluding hydrogens is 347 g/mol. The van der Waals surface area contributed by atoms with E-state index in [-0.39, 0.29) is 0 Å². The van der Waals surface area contributed by atoms with E-state index >= 15 is 0 Å². The highest BCUT2D eigenvalue weighted by atomic mass is 35.5. The van der Waals surface area contributed by atoms with Crippen LogP contribution in [0.4, 0.5) is 11.4 Å². The first-order chi connectivity index (χ1) is 11.5. The molecule has 0 aromatic heterocycles. The number of amides is 2. The molecule has 0 aliphatic rings. The van der Waals surface area contributed by atoms with Crippen molar-refractivity contribution < 1.29 is 9.59 Å². The standard InChI is InChI=1S/C18H12Cl2N2O2/c19-15-8-7-14(10-16(15)20)22-18(24)17(23)21-13-6-5-11-3-1-2-4-12(11)9-13/h1-10H,(H,21,23)(H,22,24). The Balaban J connectivity index is 1.70. The molecule has 24 heavy (non-hydrogen) atoms. The van der Waals surface area contributed by atoms with Crippen molar-refractivity contribution in [2.75, 3.05) is 10.6 Å². The molecule has 3 aromatic rings. The fourth-order valence-electron chi connectivity index (χ4n) is 2.22. The minimum absolute atomic E-state index is 0.296. The van der Waals surface area contributed by atoms with E-state index in [2.05, 4.69) is 10.6 Å². The molecule has 3 aromatic carbocycles. The van der Waals surface area contributed by atoms with Crippen molar-refractivity contribution in [2.45, 2.75) is 0 Å². The summed E-state index contributed by atoms with van der Waals surface area (Å²) in [4.78, 5) is 24.0. The third-order valence-electron chi connectivity index (χ3n) is 3.39. The Morgan fingerprint density at radius 1 is 0.667 bits per heavy atom. The Labute approximate surface area is 148 Å². The van der Waals surface area contributed by atoms with Crippen molar-refractivity contribution in [3.8, 4) is 0 Å². The lowest BCUT2D eigenvalue weighted by Crippen LogP contribution is -2.29. The lowest BCUT2D eigenvalue weighted by Gasteiger charge is -2.08. The summed E-state index contributed by atoms with van der Waals surface area (Å²) >= 11 is 11.7. The van der Waals surface area contributed by atoms with E-state index in [9.17, 15) is 9.59 Å². The molecule has 0 aliphatic heterocycles. The average Bonchev–Trinajstić information content (AvgIpc) is 2.58. The van der Waals surface area contributed by atoms with Gasteiger partial charge in [-0.2, -0.15) is 0 Å². The van der Waals surface area contributed by atoms with E-state index in [0.29, 0.717) is 21.4 Å². The van der Waals surface area contributed by atoms with E-state index in [1.807, 2.05) is 30.3 Å². The zero-order valence-electron chi connectivity index (χ0n) is 12.3. The predicted octanol–water partition coefficient (Wildman–Crippen LogP) is 4.72. The number of anilines is 2. The summed E-state index contributed by atoms with van der Waals surface area (Å²) in [5.74, 6) is -1.56. The zero-order chi connectivity index (χ0) is 17.1. The number of nitrogens with one attached hydrogen (secondary N) is 2. The number of rotatable bonds is 2. The van der Waals surface area contributed by atoms with Crippen LogP contribution in [0, 0.1) is 0 Å². The molecule has 2 N–H and O–H groups in total. The van der Waals surface area contributed by atoms with Gasteiger partial charge in [-0.05, 0) is 41.1 Å². The second-order valence-corrected chi connectivity index (χ2v) is 5.91. The summed E-state index contributed by atoms with van der Waals surface area (Å²) in [5.41, 5.74) is 0.936. The van der Waals surface area contributed by atoms with Crippen LogP contribution >= 0.6 is 23.2 Å². The molecule has 0 aliphatic carbocycles. The van der Waals surface area contributed by atoms with E-state index < -0.39 is 11.8 Å². The maximum atomic E-state index is 12.0. The Morgan fingerprint density at radius 3 is 1.92 bits per heavy atom. The molecule has 0 spiro atoms. The van der Waals surface area contributed by atoms with E-state index in [1.54, 1.807) is 24.3 Å².